The van der Waals surface area contributed by atoms with Crippen LogP contribution in [0.5, 0.6) is 0 Å². The third-order valence-corrected chi connectivity index (χ3v) is 5.96. The van der Waals surface area contributed by atoms with Crippen LogP contribution in [0.1, 0.15) is 12.5 Å². The SMILES string of the molecule is CCN(c1ccccc1)S(=O)(=O)c1ccc(NCc2ccccc2F)nc1. The zero-order chi connectivity index (χ0) is 19.3. The van der Waals surface area contributed by atoms with Gasteiger partial charge in [-0.25, -0.2) is 17.8 Å². The van der Waals surface area contributed by atoms with Gasteiger partial charge in [-0.05, 0) is 37.3 Å². The average Bonchev–Trinajstić information content (AvgIpc) is 2.69. The largest absolute Gasteiger partial charge is 0.366 e. The number of pyridine rings is 1. The number of sulfonamides is 1. The van der Waals surface area contributed by atoms with Crippen LogP contribution in [-0.2, 0) is 16.6 Å². The Morgan fingerprint density at radius 3 is 2.33 bits per heavy atom. The van der Waals surface area contributed by atoms with Crippen molar-refractivity contribution >= 4 is 21.5 Å². The number of halogens is 1. The first-order chi connectivity index (χ1) is 13.0. The Balaban J connectivity index is 1.76. The molecule has 1 N–H and O–H groups in total. The van der Waals surface area contributed by atoms with Crippen LogP contribution in [-0.4, -0.2) is 19.9 Å². The van der Waals surface area contributed by atoms with E-state index in [1.165, 1.54) is 22.6 Å². The van der Waals surface area contributed by atoms with Gasteiger partial charge >= 0.3 is 0 Å². The van der Waals surface area contributed by atoms with Crippen molar-refractivity contribution in [3.8, 4) is 0 Å². The summed E-state index contributed by atoms with van der Waals surface area (Å²) < 4.78 is 40.8. The average molecular weight is 385 g/mol. The summed E-state index contributed by atoms with van der Waals surface area (Å²) in [5.41, 5.74) is 1.11. The Labute approximate surface area is 158 Å². The highest BCUT2D eigenvalue weighted by molar-refractivity contribution is 7.92. The highest BCUT2D eigenvalue weighted by Crippen LogP contribution is 2.23. The predicted octanol–water partition coefficient (Wildman–Crippen LogP) is 4.05. The molecule has 0 fully saturated rings. The second kappa shape index (κ2) is 8.18. The van der Waals surface area contributed by atoms with Crippen LogP contribution in [0, 0.1) is 5.82 Å². The molecule has 0 aliphatic heterocycles. The second-order valence-electron chi connectivity index (χ2n) is 5.83. The molecular formula is C20H20FN3O2S. The molecule has 0 atom stereocenters. The molecule has 7 heteroatoms. The van der Waals surface area contributed by atoms with Gasteiger partial charge in [-0.15, -0.1) is 0 Å². The molecule has 0 saturated carbocycles. The first-order valence-corrected chi connectivity index (χ1v) is 9.97. The summed E-state index contributed by atoms with van der Waals surface area (Å²) in [4.78, 5) is 4.26. The minimum Gasteiger partial charge on any atom is -0.366 e. The van der Waals surface area contributed by atoms with Crippen molar-refractivity contribution in [3.63, 3.8) is 0 Å². The Bertz CT molecular complexity index is 993. The maximum Gasteiger partial charge on any atom is 0.265 e. The number of anilines is 2. The number of para-hydroxylation sites is 1. The van der Waals surface area contributed by atoms with Crippen LogP contribution in [0.25, 0.3) is 0 Å². The van der Waals surface area contributed by atoms with Crippen LogP contribution < -0.4 is 9.62 Å². The highest BCUT2D eigenvalue weighted by atomic mass is 32.2. The minimum absolute atomic E-state index is 0.102. The van der Waals surface area contributed by atoms with Gasteiger partial charge in [0, 0.05) is 24.8 Å². The first-order valence-electron chi connectivity index (χ1n) is 8.53. The molecule has 3 aromatic rings. The van der Waals surface area contributed by atoms with Crippen molar-refractivity contribution in [2.24, 2.45) is 0 Å². The monoisotopic (exact) mass is 385 g/mol. The van der Waals surface area contributed by atoms with Gasteiger partial charge in [0.15, 0.2) is 0 Å². The molecule has 0 spiro atoms. The molecule has 1 heterocycles. The maximum absolute atomic E-state index is 13.7. The van der Waals surface area contributed by atoms with Crippen molar-refractivity contribution in [1.29, 1.82) is 0 Å². The summed E-state index contributed by atoms with van der Waals surface area (Å²) in [7, 11) is -3.71. The fourth-order valence-electron chi connectivity index (χ4n) is 2.68. The molecule has 2 aromatic carbocycles. The van der Waals surface area contributed by atoms with Gasteiger partial charge in [0.1, 0.15) is 16.5 Å². The maximum atomic E-state index is 13.7. The van der Waals surface area contributed by atoms with E-state index in [0.717, 1.165) is 0 Å². The molecule has 0 aliphatic carbocycles. The second-order valence-corrected chi connectivity index (χ2v) is 7.69. The smallest absolute Gasteiger partial charge is 0.265 e. The summed E-state index contributed by atoms with van der Waals surface area (Å²) in [6, 6.07) is 18.4. The number of hydrogen-bond acceptors (Lipinski definition) is 4. The van der Waals surface area contributed by atoms with E-state index in [4.69, 9.17) is 0 Å². The summed E-state index contributed by atoms with van der Waals surface area (Å²) >= 11 is 0. The normalized spacial score (nSPS) is 11.2. The molecule has 0 radical (unpaired) electrons. The summed E-state index contributed by atoms with van der Waals surface area (Å²) in [6.07, 6.45) is 1.31. The Kier molecular flexibility index (Phi) is 5.71. The van der Waals surface area contributed by atoms with Crippen molar-refractivity contribution in [2.75, 3.05) is 16.2 Å². The standard InChI is InChI=1S/C20H20FN3O2S/c1-2-24(17-9-4-3-5-10-17)27(25,26)18-12-13-20(23-15-18)22-14-16-8-6-7-11-19(16)21/h3-13,15H,2,14H2,1H3,(H,22,23). The minimum atomic E-state index is -3.71. The van der Waals surface area contributed by atoms with Gasteiger partial charge in [0.05, 0.1) is 5.69 Å². The van der Waals surface area contributed by atoms with E-state index in [1.807, 2.05) is 6.07 Å². The fraction of sp³-hybridized carbons (Fsp3) is 0.150. The molecule has 1 aromatic heterocycles. The van der Waals surface area contributed by atoms with E-state index in [1.54, 1.807) is 55.5 Å². The Morgan fingerprint density at radius 2 is 1.70 bits per heavy atom. The molecule has 0 aliphatic rings. The van der Waals surface area contributed by atoms with Gasteiger partial charge in [-0.3, -0.25) is 4.31 Å². The van der Waals surface area contributed by atoms with Crippen molar-refractivity contribution in [2.45, 2.75) is 18.4 Å². The van der Waals surface area contributed by atoms with Crippen LogP contribution in [0.4, 0.5) is 15.9 Å². The number of aromatic nitrogens is 1. The number of nitrogens with one attached hydrogen (secondary N) is 1. The third kappa shape index (κ3) is 4.25. The number of hydrogen-bond donors (Lipinski definition) is 1. The molecule has 0 unspecified atom stereocenters. The lowest BCUT2D eigenvalue weighted by Gasteiger charge is -2.22. The van der Waals surface area contributed by atoms with E-state index < -0.39 is 10.0 Å². The lowest BCUT2D eigenvalue weighted by atomic mass is 10.2. The highest BCUT2D eigenvalue weighted by Gasteiger charge is 2.23. The van der Waals surface area contributed by atoms with Gasteiger partial charge in [-0.2, -0.15) is 0 Å². The van der Waals surface area contributed by atoms with Crippen LogP contribution >= 0.6 is 0 Å². The fourth-order valence-corrected chi connectivity index (χ4v) is 4.10. The number of nitrogens with zero attached hydrogens (tertiary/aromatic N) is 2. The summed E-state index contributed by atoms with van der Waals surface area (Å²) in [5, 5.41) is 3.00. The van der Waals surface area contributed by atoms with E-state index in [9.17, 15) is 12.8 Å². The van der Waals surface area contributed by atoms with Crippen LogP contribution in [0.3, 0.4) is 0 Å². The van der Waals surface area contributed by atoms with Crippen molar-refractivity contribution in [3.05, 3.63) is 84.3 Å². The molecule has 0 saturated heterocycles. The topological polar surface area (TPSA) is 62.3 Å². The predicted molar refractivity (Wildman–Crippen MR) is 105 cm³/mol. The van der Waals surface area contributed by atoms with Crippen molar-refractivity contribution < 1.29 is 12.8 Å². The lowest BCUT2D eigenvalue weighted by Crippen LogP contribution is -2.30. The Morgan fingerprint density at radius 1 is 1.00 bits per heavy atom. The van der Waals surface area contributed by atoms with E-state index in [-0.39, 0.29) is 17.3 Å². The van der Waals surface area contributed by atoms with Gasteiger partial charge in [0.2, 0.25) is 0 Å². The molecule has 0 bridgehead atoms. The van der Waals surface area contributed by atoms with Gasteiger partial charge in [0.25, 0.3) is 10.0 Å². The van der Waals surface area contributed by atoms with Crippen molar-refractivity contribution in [1.82, 2.24) is 4.98 Å². The Hall–Kier alpha value is -2.93. The molecule has 5 nitrogen and oxygen atoms in total. The zero-order valence-corrected chi connectivity index (χ0v) is 15.7. The van der Waals surface area contributed by atoms with E-state index >= 15 is 0 Å². The van der Waals surface area contributed by atoms with Gasteiger partial charge < -0.3 is 5.32 Å². The zero-order valence-electron chi connectivity index (χ0n) is 14.8. The number of benzene rings is 2. The summed E-state index contributed by atoms with van der Waals surface area (Å²) in [5.74, 6) is 0.172. The molecule has 140 valence electrons. The van der Waals surface area contributed by atoms with Crippen LogP contribution in [0.15, 0.2) is 77.8 Å². The third-order valence-electron chi connectivity index (χ3n) is 4.07. The van der Waals surface area contributed by atoms with E-state index in [0.29, 0.717) is 23.6 Å². The van der Waals surface area contributed by atoms with Gasteiger partial charge in [-0.1, -0.05) is 36.4 Å². The first kappa shape index (κ1) is 18.8. The molecule has 27 heavy (non-hydrogen) atoms. The number of rotatable bonds is 7. The molecule has 0 amide bonds. The molecule has 3 rings (SSSR count). The van der Waals surface area contributed by atoms with E-state index in [2.05, 4.69) is 10.3 Å². The summed E-state index contributed by atoms with van der Waals surface area (Å²) in [6.45, 7) is 2.35. The lowest BCUT2D eigenvalue weighted by molar-refractivity contribution is 0.591. The quantitative estimate of drug-likeness (QED) is 0.667. The van der Waals surface area contributed by atoms with Crippen LogP contribution in [0.2, 0.25) is 0 Å². The molecular weight excluding hydrogens is 365 g/mol.